The minimum absolute atomic E-state index is 0.0529. The van der Waals surface area contributed by atoms with Gasteiger partial charge in [-0.1, -0.05) is 30.3 Å². The quantitative estimate of drug-likeness (QED) is 0.639. The van der Waals surface area contributed by atoms with Crippen molar-refractivity contribution in [1.82, 2.24) is 4.90 Å². The lowest BCUT2D eigenvalue weighted by molar-refractivity contribution is -0.137. The van der Waals surface area contributed by atoms with Crippen LogP contribution in [0.5, 0.6) is 5.75 Å². The van der Waals surface area contributed by atoms with E-state index in [-0.39, 0.29) is 27.9 Å². The van der Waals surface area contributed by atoms with Gasteiger partial charge in [0.1, 0.15) is 11.0 Å². The lowest BCUT2D eigenvalue weighted by Gasteiger charge is -2.57. The van der Waals surface area contributed by atoms with E-state index in [1.165, 1.54) is 43.4 Å². The molecular weight excluding hydrogens is 406 g/mol. The molecular formula is C26H25NO3S. The van der Waals surface area contributed by atoms with Crippen LogP contribution in [0.4, 0.5) is 4.79 Å². The van der Waals surface area contributed by atoms with Crippen LogP contribution in [0.15, 0.2) is 42.5 Å². The molecule has 7 aliphatic rings. The SMILES string of the molecule is O=C1SC2C(=O)N1C2c1ccc(-c2ccc(O)c(C34CC5CC(CC(C5)C3)C4)c2)cc1. The van der Waals surface area contributed by atoms with Crippen LogP contribution < -0.4 is 0 Å². The molecule has 2 aromatic carbocycles. The number of aromatic hydroxyl groups is 1. The molecule has 3 aliphatic heterocycles. The summed E-state index contributed by atoms with van der Waals surface area (Å²) in [4.78, 5) is 25.2. The molecule has 4 aliphatic carbocycles. The van der Waals surface area contributed by atoms with E-state index < -0.39 is 0 Å². The van der Waals surface area contributed by atoms with Crippen molar-refractivity contribution in [2.24, 2.45) is 17.8 Å². The second-order valence-electron chi connectivity index (χ2n) is 10.5. The number of phenolic OH excluding ortho intramolecular Hbond substituents is 1. The normalized spacial score (nSPS) is 37.4. The fourth-order valence-electron chi connectivity index (χ4n) is 7.72. The maximum Gasteiger partial charge on any atom is 0.289 e. The van der Waals surface area contributed by atoms with Gasteiger partial charge in [-0.2, -0.15) is 0 Å². The Bertz CT molecular complexity index is 1080. The molecule has 6 bridgehead atoms. The number of hydrogen-bond acceptors (Lipinski definition) is 4. The van der Waals surface area contributed by atoms with Crippen LogP contribution in [-0.4, -0.2) is 26.4 Å². The topological polar surface area (TPSA) is 57.6 Å². The van der Waals surface area contributed by atoms with E-state index in [4.69, 9.17) is 0 Å². The van der Waals surface area contributed by atoms with E-state index in [0.717, 1.165) is 51.8 Å². The smallest absolute Gasteiger partial charge is 0.289 e. The van der Waals surface area contributed by atoms with Crippen LogP contribution in [0.25, 0.3) is 11.1 Å². The summed E-state index contributed by atoms with van der Waals surface area (Å²) in [5.74, 6) is 2.91. The number of imide groups is 1. The lowest BCUT2D eigenvalue weighted by atomic mass is 9.48. The summed E-state index contributed by atoms with van der Waals surface area (Å²) in [6, 6.07) is 14.3. The van der Waals surface area contributed by atoms with E-state index >= 15 is 0 Å². The number of hydrogen-bond donors (Lipinski definition) is 1. The third-order valence-electron chi connectivity index (χ3n) is 8.66. The molecule has 7 fully saturated rings. The third kappa shape index (κ3) is 2.50. The molecule has 2 amide bonds. The van der Waals surface area contributed by atoms with E-state index in [1.54, 1.807) is 0 Å². The fraction of sp³-hybridized carbons (Fsp3) is 0.462. The number of benzene rings is 2. The summed E-state index contributed by atoms with van der Waals surface area (Å²) in [5, 5.41) is 10.5. The van der Waals surface area contributed by atoms with Crippen molar-refractivity contribution in [2.45, 2.75) is 55.2 Å². The molecule has 31 heavy (non-hydrogen) atoms. The molecule has 4 saturated carbocycles. The predicted molar refractivity (Wildman–Crippen MR) is 120 cm³/mol. The van der Waals surface area contributed by atoms with E-state index in [9.17, 15) is 14.7 Å². The van der Waals surface area contributed by atoms with E-state index in [2.05, 4.69) is 18.2 Å². The van der Waals surface area contributed by atoms with Crippen molar-refractivity contribution in [3.05, 3.63) is 53.6 Å². The van der Waals surface area contributed by atoms with Crippen molar-refractivity contribution in [1.29, 1.82) is 0 Å². The molecule has 3 heterocycles. The zero-order valence-corrected chi connectivity index (χ0v) is 18.1. The first kappa shape index (κ1) is 18.3. The van der Waals surface area contributed by atoms with E-state index in [0.29, 0.717) is 5.75 Å². The predicted octanol–water partition coefficient (Wildman–Crippen LogP) is 5.65. The molecule has 5 heteroatoms. The van der Waals surface area contributed by atoms with Crippen LogP contribution in [0.1, 0.15) is 55.7 Å². The van der Waals surface area contributed by atoms with Crippen molar-refractivity contribution >= 4 is 22.9 Å². The molecule has 2 atom stereocenters. The summed E-state index contributed by atoms with van der Waals surface area (Å²) >= 11 is 1.15. The highest BCUT2D eigenvalue weighted by Crippen LogP contribution is 2.62. The van der Waals surface area contributed by atoms with Crippen molar-refractivity contribution in [3.63, 3.8) is 0 Å². The number of phenols is 1. The van der Waals surface area contributed by atoms with E-state index in [1.807, 2.05) is 24.3 Å². The van der Waals surface area contributed by atoms with Crippen molar-refractivity contribution in [3.8, 4) is 16.9 Å². The number of fused-ring (bicyclic) bond motifs is 1. The standard InChI is InChI=1S/C26H25NO3S/c28-21-6-5-19(10-20(21)26-11-14-7-15(12-26)9-16(8-14)13-26)17-1-3-18(4-2-17)22-23-24(29)27(22)25(30)31-23/h1-6,10,14-16,22-23,28H,7-9,11-13H2. The van der Waals surface area contributed by atoms with Gasteiger partial charge in [0.25, 0.3) is 5.24 Å². The van der Waals surface area contributed by atoms with Gasteiger partial charge >= 0.3 is 0 Å². The van der Waals surface area contributed by atoms with Gasteiger partial charge < -0.3 is 5.11 Å². The fourth-order valence-corrected chi connectivity index (χ4v) is 8.88. The number of nitrogens with zero attached hydrogens (tertiary/aromatic N) is 1. The minimum Gasteiger partial charge on any atom is -0.508 e. The monoisotopic (exact) mass is 431 g/mol. The first-order valence-corrected chi connectivity index (χ1v) is 12.4. The molecule has 2 aromatic rings. The van der Waals surface area contributed by atoms with Crippen LogP contribution in [0.2, 0.25) is 0 Å². The van der Waals surface area contributed by atoms with Gasteiger partial charge in [-0.15, -0.1) is 0 Å². The number of carbonyl (C=O) groups excluding carboxylic acids is 2. The number of β-lactam (4-membered cyclic amide) rings is 1. The van der Waals surface area contributed by atoms with Gasteiger partial charge in [-0.05, 0) is 102 Å². The Kier molecular flexibility index (Phi) is 3.64. The van der Waals surface area contributed by atoms with Gasteiger partial charge in [-0.25, -0.2) is 0 Å². The van der Waals surface area contributed by atoms with Crippen LogP contribution in [-0.2, 0) is 10.2 Å². The van der Waals surface area contributed by atoms with Gasteiger partial charge in [0.05, 0.1) is 6.04 Å². The summed E-state index contributed by atoms with van der Waals surface area (Å²) in [7, 11) is 0. The summed E-state index contributed by atoms with van der Waals surface area (Å²) in [5.41, 5.74) is 4.58. The highest BCUT2D eigenvalue weighted by molar-refractivity contribution is 8.15. The van der Waals surface area contributed by atoms with Gasteiger partial charge in [0, 0.05) is 5.56 Å². The Morgan fingerprint density at radius 3 is 2.03 bits per heavy atom. The molecule has 0 spiro atoms. The van der Waals surface area contributed by atoms with Crippen LogP contribution in [0.3, 0.4) is 0 Å². The molecule has 0 aromatic heterocycles. The van der Waals surface area contributed by atoms with Crippen molar-refractivity contribution < 1.29 is 14.7 Å². The average molecular weight is 432 g/mol. The van der Waals surface area contributed by atoms with Gasteiger partial charge in [0.15, 0.2) is 0 Å². The van der Waals surface area contributed by atoms with Crippen LogP contribution in [0, 0.1) is 17.8 Å². The number of carbonyl (C=O) groups is 2. The minimum atomic E-state index is -0.241. The first-order valence-electron chi connectivity index (χ1n) is 11.5. The highest BCUT2D eigenvalue weighted by Gasteiger charge is 2.60. The highest BCUT2D eigenvalue weighted by atomic mass is 32.2. The van der Waals surface area contributed by atoms with Gasteiger partial charge in [0.2, 0.25) is 5.91 Å². The van der Waals surface area contributed by atoms with Crippen LogP contribution >= 0.6 is 11.8 Å². The largest absolute Gasteiger partial charge is 0.508 e. The summed E-state index contributed by atoms with van der Waals surface area (Å²) < 4.78 is 0. The molecule has 4 nitrogen and oxygen atoms in total. The summed E-state index contributed by atoms with van der Waals surface area (Å²) in [6.07, 6.45) is 7.87. The molecule has 158 valence electrons. The zero-order chi connectivity index (χ0) is 20.9. The maximum atomic E-state index is 11.9. The number of thioether (sulfide) groups is 1. The molecule has 1 N–H and O–H groups in total. The second kappa shape index (κ2) is 6.16. The lowest BCUT2D eigenvalue weighted by Crippen LogP contribution is -2.50. The molecule has 3 saturated heterocycles. The zero-order valence-electron chi connectivity index (χ0n) is 17.3. The van der Waals surface area contributed by atoms with Crippen molar-refractivity contribution in [2.75, 3.05) is 0 Å². The molecule has 9 rings (SSSR count). The van der Waals surface area contributed by atoms with Gasteiger partial charge in [-0.3, -0.25) is 14.5 Å². The Morgan fingerprint density at radius 1 is 0.871 bits per heavy atom. The second-order valence-corrected chi connectivity index (χ2v) is 11.6. The number of rotatable bonds is 3. The first-order chi connectivity index (χ1) is 15.0. The Morgan fingerprint density at radius 2 is 1.48 bits per heavy atom. The molecule has 2 unspecified atom stereocenters. The molecule has 0 radical (unpaired) electrons. The third-order valence-corrected chi connectivity index (χ3v) is 9.77. The Balaban J connectivity index is 1.21. The number of amides is 2. The summed E-state index contributed by atoms with van der Waals surface area (Å²) in [6.45, 7) is 0. The Hall–Kier alpha value is -2.27. The Labute approximate surface area is 186 Å². The maximum absolute atomic E-state index is 11.9. The average Bonchev–Trinajstić information content (AvgIpc) is 3.25.